The topological polar surface area (TPSA) is 249 Å². The number of hydroxylamine groups is 10. The van der Waals surface area contributed by atoms with Crippen molar-refractivity contribution >= 4 is 29.8 Å². The first kappa shape index (κ1) is 61.4. The number of nitrogens with zero attached hydrogens (tertiary/aromatic N) is 5. The van der Waals surface area contributed by atoms with Gasteiger partial charge in [0.15, 0.2) is 11.5 Å². The Labute approximate surface area is 450 Å². The van der Waals surface area contributed by atoms with E-state index in [4.69, 9.17) is 23.7 Å². The number of carbonyl (C=O) groups excluding carboxylic acids is 5. The number of piperidine rings is 5. The summed E-state index contributed by atoms with van der Waals surface area (Å²) in [6.45, 7) is 35.5. The second kappa shape index (κ2) is 20.1. The maximum absolute atomic E-state index is 15.1. The predicted molar refractivity (Wildman–Crippen MR) is 277 cm³/mol. The van der Waals surface area contributed by atoms with Crippen LogP contribution in [0.1, 0.15) is 203 Å². The molecule has 1 aromatic rings. The van der Waals surface area contributed by atoms with Gasteiger partial charge in [-0.05, 0) is 203 Å². The molecule has 0 saturated carbocycles. The first-order valence-electron chi connectivity index (χ1n) is 26.9. The molecule has 5 heterocycles. The molecule has 5 N–H and O–H groups in total. The number of ether oxygens (including phenoxy) is 5. The van der Waals surface area contributed by atoms with Crippen molar-refractivity contribution in [3.05, 3.63) is 6.07 Å². The Morgan fingerprint density at radius 2 is 0.447 bits per heavy atom. The van der Waals surface area contributed by atoms with Crippen molar-refractivity contribution in [1.29, 1.82) is 0 Å². The zero-order valence-corrected chi connectivity index (χ0v) is 49.1. The fourth-order valence-electron chi connectivity index (χ4n) is 14.1. The van der Waals surface area contributed by atoms with Gasteiger partial charge in [0.25, 0.3) is 0 Å². The van der Waals surface area contributed by atoms with Crippen LogP contribution in [0.2, 0.25) is 0 Å². The van der Waals surface area contributed by atoms with Gasteiger partial charge in [-0.2, -0.15) is 25.3 Å². The van der Waals surface area contributed by atoms with Gasteiger partial charge in [-0.15, -0.1) is 0 Å². The van der Waals surface area contributed by atoms with Gasteiger partial charge in [0.05, 0.1) is 29.6 Å². The highest BCUT2D eigenvalue weighted by atomic mass is 16.6. The highest BCUT2D eigenvalue weighted by Crippen LogP contribution is 2.55. The molecule has 5 aliphatic rings. The quantitative estimate of drug-likeness (QED) is 0.108. The Kier molecular flexibility index (Phi) is 16.2. The molecule has 5 fully saturated rings. The molecule has 430 valence electrons. The summed E-state index contributed by atoms with van der Waals surface area (Å²) in [5.41, 5.74) is -9.40. The van der Waals surface area contributed by atoms with Crippen LogP contribution >= 0.6 is 0 Å². The van der Waals surface area contributed by atoms with E-state index >= 15 is 4.79 Å². The van der Waals surface area contributed by atoms with E-state index in [9.17, 15) is 45.2 Å². The standard InChI is InChI=1S/C56H91N5O15/c1-47(2)22-32(23-48(3,4)57(47)67)42(62)72-37-21-38(73-43(63)33-24-49(5,6)58(68)50(7,8)25-33)40(75-45(65)35-28-53(13,14)60(70)54(15,16)29-35)41(76-46(66)36-30-55(17,18)61(71)56(19,20)31-36)39(37)74-44(64)34-26-51(9,10)59(69)52(11,12)27-34/h21,32-36,67-71H,22-31H2,1-20H3. The molecule has 20 nitrogen and oxygen atoms in total. The van der Waals surface area contributed by atoms with Gasteiger partial charge in [0.1, 0.15) is 0 Å². The van der Waals surface area contributed by atoms with Crippen molar-refractivity contribution in [2.45, 2.75) is 258 Å². The smallest absolute Gasteiger partial charge is 0.314 e. The molecule has 1 aromatic carbocycles. The molecule has 0 amide bonds. The van der Waals surface area contributed by atoms with Crippen molar-refractivity contribution in [3.63, 3.8) is 0 Å². The van der Waals surface area contributed by atoms with Gasteiger partial charge >= 0.3 is 29.8 Å². The number of rotatable bonds is 10. The van der Waals surface area contributed by atoms with Crippen molar-refractivity contribution in [2.24, 2.45) is 29.6 Å². The van der Waals surface area contributed by atoms with E-state index in [1.165, 1.54) is 25.3 Å². The summed E-state index contributed by atoms with van der Waals surface area (Å²) in [4.78, 5) is 74.8. The largest absolute Gasteiger partial charge is 0.422 e. The predicted octanol–water partition coefficient (Wildman–Crippen LogP) is 9.51. The maximum Gasteiger partial charge on any atom is 0.314 e. The Balaban J connectivity index is 1.62. The van der Waals surface area contributed by atoms with Gasteiger partial charge < -0.3 is 49.7 Å². The maximum atomic E-state index is 15.1. The number of esters is 5. The van der Waals surface area contributed by atoms with Crippen molar-refractivity contribution in [3.8, 4) is 28.7 Å². The lowest BCUT2D eigenvalue weighted by Crippen LogP contribution is -2.60. The van der Waals surface area contributed by atoms with Gasteiger partial charge in [-0.25, -0.2) is 0 Å². The van der Waals surface area contributed by atoms with E-state index in [0.29, 0.717) is 0 Å². The van der Waals surface area contributed by atoms with Gasteiger partial charge in [0.2, 0.25) is 17.2 Å². The van der Waals surface area contributed by atoms with Crippen LogP contribution in [-0.4, -0.2) is 137 Å². The minimum absolute atomic E-state index is 0.0740. The van der Waals surface area contributed by atoms with Gasteiger partial charge in [-0.3, -0.25) is 24.0 Å². The molecule has 20 heteroatoms. The molecule has 0 unspecified atom stereocenters. The summed E-state index contributed by atoms with van der Waals surface area (Å²) >= 11 is 0. The van der Waals surface area contributed by atoms with Gasteiger partial charge in [-0.1, -0.05) is 0 Å². The normalized spacial score (nSPS) is 27.0. The lowest BCUT2D eigenvalue weighted by atomic mass is 9.75. The number of hydrogen-bond donors (Lipinski definition) is 5. The van der Waals surface area contributed by atoms with Crippen LogP contribution in [0.3, 0.4) is 0 Å². The third-order valence-electron chi connectivity index (χ3n) is 17.0. The van der Waals surface area contributed by atoms with E-state index in [1.807, 2.05) is 0 Å². The fraction of sp³-hybridized carbons (Fsp3) is 0.804. The number of hydrogen-bond acceptors (Lipinski definition) is 20. The Bertz CT molecular complexity index is 2220. The molecule has 0 bridgehead atoms. The summed E-state index contributed by atoms with van der Waals surface area (Å²) in [6.07, 6.45) is 0.996. The molecule has 0 aliphatic carbocycles. The summed E-state index contributed by atoms with van der Waals surface area (Å²) < 4.78 is 31.9. The van der Waals surface area contributed by atoms with E-state index < -0.39 is 144 Å². The average molecular weight is 1070 g/mol. The summed E-state index contributed by atoms with van der Waals surface area (Å²) in [5.74, 6) is -11.8. The molecule has 0 aromatic heterocycles. The van der Waals surface area contributed by atoms with Crippen molar-refractivity contribution < 1.29 is 73.7 Å². The number of benzene rings is 1. The Morgan fingerprint density at radius 3 is 0.618 bits per heavy atom. The molecule has 0 radical (unpaired) electrons. The van der Waals surface area contributed by atoms with Crippen LogP contribution in [0.4, 0.5) is 0 Å². The van der Waals surface area contributed by atoms with Crippen molar-refractivity contribution in [2.75, 3.05) is 0 Å². The first-order chi connectivity index (χ1) is 34.2. The van der Waals surface area contributed by atoms with E-state index in [1.54, 1.807) is 138 Å². The van der Waals surface area contributed by atoms with Crippen molar-refractivity contribution in [1.82, 2.24) is 25.3 Å². The highest BCUT2D eigenvalue weighted by molar-refractivity contribution is 5.88. The second-order valence-corrected chi connectivity index (χ2v) is 29.2. The molecule has 0 atom stereocenters. The lowest BCUT2D eigenvalue weighted by Gasteiger charge is -2.51. The van der Waals surface area contributed by atoms with Crippen LogP contribution in [0.5, 0.6) is 28.7 Å². The van der Waals surface area contributed by atoms with Crippen LogP contribution in [-0.2, 0) is 24.0 Å². The number of carbonyl (C=O) groups is 5. The third kappa shape index (κ3) is 12.2. The molecular formula is C56H91N5O15. The molecule has 0 spiro atoms. The highest BCUT2D eigenvalue weighted by Gasteiger charge is 2.54. The average Bonchev–Trinajstić information content (AvgIpc) is 3.25. The second-order valence-electron chi connectivity index (χ2n) is 29.2. The summed E-state index contributed by atoms with van der Waals surface area (Å²) in [7, 11) is 0. The lowest BCUT2D eigenvalue weighted by molar-refractivity contribution is -0.251. The Hall–Kier alpha value is -3.83. The van der Waals surface area contributed by atoms with E-state index in [0.717, 1.165) is 6.07 Å². The Morgan fingerprint density at radius 1 is 0.303 bits per heavy atom. The minimum atomic E-state index is -0.964. The van der Waals surface area contributed by atoms with Gasteiger partial charge in [0, 0.05) is 61.5 Å². The zero-order chi connectivity index (χ0) is 57.9. The fourth-order valence-corrected chi connectivity index (χ4v) is 14.1. The summed E-state index contributed by atoms with van der Waals surface area (Å²) in [6, 6.07) is 1.11. The molecule has 5 saturated heterocycles. The zero-order valence-electron chi connectivity index (χ0n) is 49.1. The monoisotopic (exact) mass is 1070 g/mol. The van der Waals surface area contributed by atoms with Crippen LogP contribution in [0, 0.1) is 29.6 Å². The molecule has 76 heavy (non-hydrogen) atoms. The van der Waals surface area contributed by atoms with E-state index in [-0.39, 0.29) is 64.2 Å². The third-order valence-corrected chi connectivity index (χ3v) is 17.0. The van der Waals surface area contributed by atoms with Crippen LogP contribution < -0.4 is 23.7 Å². The van der Waals surface area contributed by atoms with E-state index in [2.05, 4.69) is 0 Å². The first-order valence-corrected chi connectivity index (χ1v) is 26.9. The van der Waals surface area contributed by atoms with Crippen LogP contribution in [0.25, 0.3) is 0 Å². The minimum Gasteiger partial charge on any atom is -0.422 e. The summed E-state index contributed by atoms with van der Waals surface area (Å²) in [5, 5.41) is 62.2. The molecule has 5 aliphatic heterocycles. The molecule has 6 rings (SSSR count). The van der Waals surface area contributed by atoms with Crippen LogP contribution in [0.15, 0.2) is 6.07 Å². The molecular weight excluding hydrogens is 983 g/mol. The SMILES string of the molecule is CC1(C)CC(C(=O)Oc2cc(OC(=O)C3CC(C)(C)N(O)C(C)(C)C3)c(OC(=O)C3CC(C)(C)N(O)C(C)(C)C3)c(OC(=O)C3CC(C)(C)N(O)C(C)(C)C3)c2OC(=O)C2CC(C)(C)N(O)C(C)(C)C2)CC(C)(C)N1O.